The Balaban J connectivity index is 3.80. The van der Waals surface area contributed by atoms with Gasteiger partial charge in [0.2, 0.25) is 0 Å². The average Bonchev–Trinajstić information content (AvgIpc) is 2.15. The van der Waals surface area contributed by atoms with Crippen LogP contribution in [0.2, 0.25) is 0 Å². The van der Waals surface area contributed by atoms with Crippen molar-refractivity contribution in [3.63, 3.8) is 0 Å². The predicted octanol–water partition coefficient (Wildman–Crippen LogP) is 3.45. The van der Waals surface area contributed by atoms with Gasteiger partial charge < -0.3 is 5.11 Å². The topological polar surface area (TPSA) is 20.2 Å². The third-order valence-electron chi connectivity index (χ3n) is 2.37. The quantitative estimate of drug-likeness (QED) is 0.450. The molecule has 0 heterocycles. The second-order valence-electron chi connectivity index (χ2n) is 3.59. The van der Waals surface area contributed by atoms with Crippen molar-refractivity contribution in [2.24, 2.45) is 0 Å². The van der Waals surface area contributed by atoms with Crippen molar-refractivity contribution in [3.8, 4) is 0 Å². The summed E-state index contributed by atoms with van der Waals surface area (Å²) < 4.78 is 0. The fourth-order valence-corrected chi connectivity index (χ4v) is 1.36. The molecule has 0 aliphatic rings. The van der Waals surface area contributed by atoms with E-state index < -0.39 is 5.60 Å². The van der Waals surface area contributed by atoms with Gasteiger partial charge in [0.1, 0.15) is 0 Å². The van der Waals surface area contributed by atoms with Crippen LogP contribution in [0.5, 0.6) is 0 Å². The first kappa shape index (κ1) is 12.4. The van der Waals surface area contributed by atoms with Crippen LogP contribution < -0.4 is 0 Å². The van der Waals surface area contributed by atoms with E-state index in [4.69, 9.17) is 0 Å². The third-order valence-corrected chi connectivity index (χ3v) is 2.37. The molecule has 1 heteroatoms. The molecule has 0 aliphatic heterocycles. The van der Waals surface area contributed by atoms with Crippen LogP contribution >= 0.6 is 0 Å². The van der Waals surface area contributed by atoms with Gasteiger partial charge in [-0.15, -0.1) is 13.2 Å². The zero-order valence-corrected chi connectivity index (χ0v) is 8.76. The Bertz CT molecular complexity index is 151. The fraction of sp³-hybridized carbons (Fsp3) is 0.667. The minimum Gasteiger partial charge on any atom is -0.386 e. The molecule has 1 nitrogen and oxygen atoms in total. The molecule has 13 heavy (non-hydrogen) atoms. The lowest BCUT2D eigenvalue weighted by atomic mass is 9.91. The molecule has 0 radical (unpaired) electrons. The van der Waals surface area contributed by atoms with E-state index in [0.717, 1.165) is 25.7 Å². The van der Waals surface area contributed by atoms with E-state index in [1.54, 1.807) is 6.08 Å². The maximum Gasteiger partial charge on any atom is 0.0828 e. The van der Waals surface area contributed by atoms with Gasteiger partial charge in [-0.1, -0.05) is 38.3 Å². The number of allylic oxidation sites excluding steroid dienone is 1. The fourth-order valence-electron chi connectivity index (χ4n) is 1.36. The summed E-state index contributed by atoms with van der Waals surface area (Å²) in [6.45, 7) is 9.49. The molecular weight excluding hydrogens is 160 g/mol. The smallest absolute Gasteiger partial charge is 0.0828 e. The maximum absolute atomic E-state index is 10.0. The van der Waals surface area contributed by atoms with Crippen LogP contribution in [0, 0.1) is 0 Å². The molecular formula is C12H22O. The van der Waals surface area contributed by atoms with Gasteiger partial charge in [0.15, 0.2) is 0 Å². The summed E-state index contributed by atoms with van der Waals surface area (Å²) in [5.41, 5.74) is -0.663. The van der Waals surface area contributed by atoms with Crippen molar-refractivity contribution >= 4 is 0 Å². The molecule has 0 amide bonds. The molecule has 0 bridgehead atoms. The van der Waals surface area contributed by atoms with Gasteiger partial charge in [-0.25, -0.2) is 0 Å². The Kier molecular flexibility index (Phi) is 6.61. The Morgan fingerprint density at radius 2 is 1.92 bits per heavy atom. The number of unbranched alkanes of at least 4 members (excludes halogenated alkanes) is 2. The lowest BCUT2D eigenvalue weighted by Crippen LogP contribution is -2.24. The zero-order valence-electron chi connectivity index (χ0n) is 8.76. The molecule has 1 atom stereocenters. The lowest BCUT2D eigenvalue weighted by Gasteiger charge is -2.23. The average molecular weight is 182 g/mol. The zero-order chi connectivity index (χ0) is 10.2. The lowest BCUT2D eigenvalue weighted by molar-refractivity contribution is 0.0708. The van der Waals surface area contributed by atoms with Crippen molar-refractivity contribution in [1.29, 1.82) is 0 Å². The highest BCUT2D eigenvalue weighted by Crippen LogP contribution is 2.22. The summed E-state index contributed by atoms with van der Waals surface area (Å²) >= 11 is 0. The van der Waals surface area contributed by atoms with Crippen LogP contribution in [-0.2, 0) is 0 Å². The van der Waals surface area contributed by atoms with E-state index in [1.165, 1.54) is 12.8 Å². The molecule has 0 aromatic rings. The van der Waals surface area contributed by atoms with Crippen LogP contribution in [0.1, 0.15) is 45.4 Å². The van der Waals surface area contributed by atoms with E-state index in [-0.39, 0.29) is 0 Å². The molecule has 1 unspecified atom stereocenters. The van der Waals surface area contributed by atoms with Crippen molar-refractivity contribution in [2.45, 2.75) is 51.0 Å². The highest BCUT2D eigenvalue weighted by atomic mass is 16.3. The highest BCUT2D eigenvalue weighted by molar-refractivity contribution is 4.96. The first-order valence-corrected chi connectivity index (χ1v) is 5.15. The van der Waals surface area contributed by atoms with Crippen molar-refractivity contribution in [1.82, 2.24) is 0 Å². The first-order chi connectivity index (χ1) is 6.18. The van der Waals surface area contributed by atoms with Crippen LogP contribution in [-0.4, -0.2) is 10.7 Å². The highest BCUT2D eigenvalue weighted by Gasteiger charge is 2.20. The number of rotatable bonds is 8. The number of hydrogen-bond donors (Lipinski definition) is 1. The van der Waals surface area contributed by atoms with Crippen molar-refractivity contribution in [3.05, 3.63) is 25.3 Å². The summed E-state index contributed by atoms with van der Waals surface area (Å²) in [6, 6.07) is 0. The molecule has 0 saturated heterocycles. The van der Waals surface area contributed by atoms with Gasteiger partial charge >= 0.3 is 0 Å². The maximum atomic E-state index is 10.0. The third kappa shape index (κ3) is 5.64. The number of aliphatic hydroxyl groups is 1. The molecule has 76 valence electrons. The Labute approximate surface area is 82.2 Å². The Morgan fingerprint density at radius 3 is 2.38 bits per heavy atom. The van der Waals surface area contributed by atoms with Crippen molar-refractivity contribution in [2.75, 3.05) is 0 Å². The van der Waals surface area contributed by atoms with Crippen LogP contribution in [0.4, 0.5) is 0 Å². The predicted molar refractivity (Wildman–Crippen MR) is 58.7 cm³/mol. The minimum atomic E-state index is -0.663. The summed E-state index contributed by atoms with van der Waals surface area (Å²) in [5.74, 6) is 0. The SMILES string of the molecule is C=CCCC(O)(C=C)CCCCC. The van der Waals surface area contributed by atoms with Gasteiger partial charge in [0, 0.05) is 0 Å². The largest absolute Gasteiger partial charge is 0.386 e. The summed E-state index contributed by atoms with van der Waals surface area (Å²) in [4.78, 5) is 0. The Hall–Kier alpha value is -0.560. The molecule has 0 rings (SSSR count). The second kappa shape index (κ2) is 6.90. The molecule has 0 aromatic carbocycles. The molecule has 0 fully saturated rings. The molecule has 1 N–H and O–H groups in total. The monoisotopic (exact) mass is 182 g/mol. The van der Waals surface area contributed by atoms with Gasteiger partial charge in [-0.05, 0) is 19.3 Å². The van der Waals surface area contributed by atoms with Gasteiger partial charge in [-0.3, -0.25) is 0 Å². The normalized spacial score (nSPS) is 14.9. The number of hydrogen-bond acceptors (Lipinski definition) is 1. The summed E-state index contributed by atoms with van der Waals surface area (Å²) in [7, 11) is 0. The van der Waals surface area contributed by atoms with E-state index >= 15 is 0 Å². The van der Waals surface area contributed by atoms with E-state index in [9.17, 15) is 5.11 Å². The van der Waals surface area contributed by atoms with Crippen LogP contribution in [0.3, 0.4) is 0 Å². The first-order valence-electron chi connectivity index (χ1n) is 5.15. The molecule has 0 saturated carbocycles. The van der Waals surface area contributed by atoms with Gasteiger partial charge in [-0.2, -0.15) is 0 Å². The molecule has 0 spiro atoms. The van der Waals surface area contributed by atoms with Crippen LogP contribution in [0.25, 0.3) is 0 Å². The Morgan fingerprint density at radius 1 is 1.23 bits per heavy atom. The van der Waals surface area contributed by atoms with E-state index in [1.807, 2.05) is 6.08 Å². The van der Waals surface area contributed by atoms with Crippen LogP contribution in [0.15, 0.2) is 25.3 Å². The minimum absolute atomic E-state index is 0.663. The molecule has 0 aromatic heterocycles. The summed E-state index contributed by atoms with van der Waals surface area (Å²) in [5, 5.41) is 10.0. The standard InChI is InChI=1S/C12H22O/c1-4-7-9-11-12(13,6-3)10-8-5-2/h5-6,13H,2-4,7-11H2,1H3. The summed E-state index contributed by atoms with van der Waals surface area (Å²) in [6.07, 6.45) is 9.41. The van der Waals surface area contributed by atoms with E-state index in [0.29, 0.717) is 0 Å². The van der Waals surface area contributed by atoms with Gasteiger partial charge in [0.05, 0.1) is 5.60 Å². The molecule has 0 aliphatic carbocycles. The van der Waals surface area contributed by atoms with Crippen molar-refractivity contribution < 1.29 is 5.11 Å². The second-order valence-corrected chi connectivity index (χ2v) is 3.59. The van der Waals surface area contributed by atoms with E-state index in [2.05, 4.69) is 20.1 Å². The van der Waals surface area contributed by atoms with Gasteiger partial charge in [0.25, 0.3) is 0 Å².